The average molecular weight is 447 g/mol. The number of hydrogen-bond donors (Lipinski definition) is 1. The molecule has 0 atom stereocenters. The first-order valence-corrected chi connectivity index (χ1v) is 11.0. The molecule has 0 aliphatic carbocycles. The van der Waals surface area contributed by atoms with Gasteiger partial charge >= 0.3 is 6.18 Å². The van der Waals surface area contributed by atoms with E-state index < -0.39 is 11.7 Å². The molecule has 172 valence electrons. The van der Waals surface area contributed by atoms with Crippen LogP contribution in [0.5, 0.6) is 0 Å². The second-order valence-corrected chi connectivity index (χ2v) is 8.44. The van der Waals surface area contributed by atoms with Gasteiger partial charge in [-0.1, -0.05) is 43.7 Å². The van der Waals surface area contributed by atoms with Crippen LogP contribution in [0.25, 0.3) is 6.08 Å². The van der Waals surface area contributed by atoms with Crippen LogP contribution >= 0.6 is 0 Å². The number of halogens is 3. The van der Waals surface area contributed by atoms with Crippen LogP contribution in [0.3, 0.4) is 0 Å². The summed E-state index contributed by atoms with van der Waals surface area (Å²) in [6.45, 7) is 6.17. The highest BCUT2D eigenvalue weighted by molar-refractivity contribution is 5.92. The maximum Gasteiger partial charge on any atom is 0.416 e. The van der Waals surface area contributed by atoms with Crippen molar-refractivity contribution in [2.75, 3.05) is 24.5 Å². The molecule has 1 aliphatic rings. The van der Waals surface area contributed by atoms with E-state index >= 15 is 0 Å². The number of benzene rings is 1. The average Bonchev–Trinajstić information content (AvgIpc) is 2.77. The molecular formula is C24H29F3N4O. The number of carbonyl (C=O) groups excluding carboxylic acids is 1. The maximum absolute atomic E-state index is 13.2. The Labute approximate surface area is 186 Å². The quantitative estimate of drug-likeness (QED) is 0.583. The number of aromatic nitrogens is 2. The van der Waals surface area contributed by atoms with Crippen LogP contribution in [0.2, 0.25) is 0 Å². The van der Waals surface area contributed by atoms with Gasteiger partial charge in [-0.05, 0) is 55.4 Å². The summed E-state index contributed by atoms with van der Waals surface area (Å²) in [5.74, 6) is 1.03. The molecule has 1 saturated heterocycles. The molecule has 0 saturated carbocycles. The number of nitrogens with one attached hydrogen (secondary N) is 1. The fraction of sp³-hybridized carbons (Fsp3) is 0.458. The third-order valence-electron chi connectivity index (χ3n) is 5.48. The highest BCUT2D eigenvalue weighted by Gasteiger charge is 2.32. The van der Waals surface area contributed by atoms with Crippen LogP contribution in [0.15, 0.2) is 42.0 Å². The van der Waals surface area contributed by atoms with Gasteiger partial charge in [-0.15, -0.1) is 10.2 Å². The number of alkyl halides is 3. The Bertz CT molecular complexity index is 929. The Morgan fingerprint density at radius 3 is 2.47 bits per heavy atom. The van der Waals surface area contributed by atoms with Gasteiger partial charge in [0, 0.05) is 19.6 Å². The van der Waals surface area contributed by atoms with Gasteiger partial charge in [-0.3, -0.25) is 4.79 Å². The summed E-state index contributed by atoms with van der Waals surface area (Å²) in [6, 6.07) is 9.06. The smallest absolute Gasteiger partial charge is 0.354 e. The van der Waals surface area contributed by atoms with E-state index in [9.17, 15) is 18.0 Å². The Kier molecular flexibility index (Phi) is 7.88. The zero-order valence-electron chi connectivity index (χ0n) is 18.5. The number of nitrogens with zero attached hydrogens (tertiary/aromatic N) is 3. The number of amides is 1. The molecule has 2 aromatic rings. The van der Waals surface area contributed by atoms with Crippen molar-refractivity contribution in [2.24, 2.45) is 5.92 Å². The highest BCUT2D eigenvalue weighted by Crippen LogP contribution is 2.33. The molecule has 0 unspecified atom stereocenters. The molecule has 0 bridgehead atoms. The molecule has 1 aromatic carbocycles. The molecular weight excluding hydrogens is 417 g/mol. The maximum atomic E-state index is 13.2. The van der Waals surface area contributed by atoms with Crippen molar-refractivity contribution in [1.82, 2.24) is 15.5 Å². The van der Waals surface area contributed by atoms with E-state index in [4.69, 9.17) is 0 Å². The van der Waals surface area contributed by atoms with Crippen LogP contribution in [-0.4, -0.2) is 35.7 Å². The summed E-state index contributed by atoms with van der Waals surface area (Å²) in [5.41, 5.74) is 0.842. The Morgan fingerprint density at radius 1 is 1.12 bits per heavy atom. The molecule has 1 N–H and O–H groups in total. The third-order valence-corrected chi connectivity index (χ3v) is 5.48. The van der Waals surface area contributed by atoms with Gasteiger partial charge in [0.25, 0.3) is 5.91 Å². The number of carbonyl (C=O) groups is 1. The fourth-order valence-corrected chi connectivity index (χ4v) is 3.69. The molecule has 0 radical (unpaired) electrons. The van der Waals surface area contributed by atoms with E-state index in [1.54, 1.807) is 24.3 Å². The van der Waals surface area contributed by atoms with Gasteiger partial charge in [0.05, 0.1) is 5.56 Å². The standard InChI is InChI=1S/C24H29F3N4O/c1-17(2)6-5-13-28-23(32)21-9-10-22(30-29-21)31-14-11-18(12-15-31)16-19-7-3-4-8-20(19)24(25,26)27/h3-4,7-10,16-17H,5-6,11-15H2,1-2H3,(H,28,32). The van der Waals surface area contributed by atoms with E-state index in [0.717, 1.165) is 24.5 Å². The van der Waals surface area contributed by atoms with Crippen molar-refractivity contribution in [3.8, 4) is 0 Å². The van der Waals surface area contributed by atoms with Crippen molar-refractivity contribution >= 4 is 17.8 Å². The third kappa shape index (κ3) is 6.55. The first-order chi connectivity index (χ1) is 15.2. The summed E-state index contributed by atoms with van der Waals surface area (Å²) < 4.78 is 39.6. The minimum Gasteiger partial charge on any atom is -0.354 e. The predicted octanol–water partition coefficient (Wildman–Crippen LogP) is 5.35. The summed E-state index contributed by atoms with van der Waals surface area (Å²) in [5, 5.41) is 11.1. The summed E-state index contributed by atoms with van der Waals surface area (Å²) in [6.07, 6.45) is 0.549. The predicted molar refractivity (Wildman–Crippen MR) is 119 cm³/mol. The van der Waals surface area contributed by atoms with Crippen molar-refractivity contribution in [3.63, 3.8) is 0 Å². The second-order valence-electron chi connectivity index (χ2n) is 8.44. The molecule has 5 nitrogen and oxygen atoms in total. The van der Waals surface area contributed by atoms with Gasteiger partial charge in [0.1, 0.15) is 0 Å². The van der Waals surface area contributed by atoms with Gasteiger partial charge in [0.15, 0.2) is 11.5 Å². The minimum absolute atomic E-state index is 0.201. The van der Waals surface area contributed by atoms with Gasteiger partial charge in [-0.25, -0.2) is 0 Å². The molecule has 8 heteroatoms. The SMILES string of the molecule is CC(C)CCCNC(=O)c1ccc(N2CCC(=Cc3ccccc3C(F)(F)F)CC2)nn1. The number of rotatable bonds is 7. The van der Waals surface area contributed by atoms with E-state index in [1.165, 1.54) is 12.1 Å². The molecule has 1 amide bonds. The molecule has 0 spiro atoms. The van der Waals surface area contributed by atoms with Crippen molar-refractivity contribution in [3.05, 3.63) is 58.8 Å². The Balaban J connectivity index is 1.56. The van der Waals surface area contributed by atoms with Crippen molar-refractivity contribution < 1.29 is 18.0 Å². The molecule has 32 heavy (non-hydrogen) atoms. The fourth-order valence-electron chi connectivity index (χ4n) is 3.69. The topological polar surface area (TPSA) is 58.1 Å². The second kappa shape index (κ2) is 10.6. The molecule has 1 aromatic heterocycles. The Morgan fingerprint density at radius 2 is 1.84 bits per heavy atom. The van der Waals surface area contributed by atoms with Crippen LogP contribution in [-0.2, 0) is 6.18 Å². The van der Waals surface area contributed by atoms with Crippen LogP contribution in [0.4, 0.5) is 19.0 Å². The minimum atomic E-state index is -4.37. The first kappa shape index (κ1) is 23.8. The van der Waals surface area contributed by atoms with Crippen LogP contribution < -0.4 is 10.2 Å². The molecule has 1 aliphatic heterocycles. The first-order valence-electron chi connectivity index (χ1n) is 11.0. The molecule has 2 heterocycles. The zero-order chi connectivity index (χ0) is 23.1. The summed E-state index contributed by atoms with van der Waals surface area (Å²) in [7, 11) is 0. The summed E-state index contributed by atoms with van der Waals surface area (Å²) in [4.78, 5) is 14.2. The molecule has 1 fully saturated rings. The monoisotopic (exact) mass is 446 g/mol. The normalized spacial score (nSPS) is 14.6. The largest absolute Gasteiger partial charge is 0.416 e. The van der Waals surface area contributed by atoms with E-state index in [1.807, 2.05) is 4.90 Å². The number of piperidine rings is 1. The highest BCUT2D eigenvalue weighted by atomic mass is 19.4. The van der Waals surface area contributed by atoms with Crippen molar-refractivity contribution in [1.29, 1.82) is 0 Å². The lowest BCUT2D eigenvalue weighted by Crippen LogP contribution is -2.32. The Hall–Kier alpha value is -2.90. The van der Waals surface area contributed by atoms with E-state index in [2.05, 4.69) is 29.4 Å². The van der Waals surface area contributed by atoms with Crippen molar-refractivity contribution in [2.45, 2.75) is 45.7 Å². The van der Waals surface area contributed by atoms with Crippen LogP contribution in [0.1, 0.15) is 61.1 Å². The molecule has 3 rings (SSSR count). The lowest BCUT2D eigenvalue weighted by Gasteiger charge is -2.29. The van der Waals surface area contributed by atoms with Gasteiger partial charge < -0.3 is 10.2 Å². The lowest BCUT2D eigenvalue weighted by atomic mass is 9.98. The number of hydrogen-bond acceptors (Lipinski definition) is 4. The van der Waals surface area contributed by atoms with Gasteiger partial charge in [-0.2, -0.15) is 13.2 Å². The van der Waals surface area contributed by atoms with E-state index in [-0.39, 0.29) is 17.2 Å². The zero-order valence-corrected chi connectivity index (χ0v) is 18.5. The number of anilines is 1. The van der Waals surface area contributed by atoms with E-state index in [0.29, 0.717) is 44.2 Å². The van der Waals surface area contributed by atoms with Gasteiger partial charge in [0.2, 0.25) is 0 Å². The lowest BCUT2D eigenvalue weighted by molar-refractivity contribution is -0.137. The summed E-state index contributed by atoms with van der Waals surface area (Å²) >= 11 is 0. The van der Waals surface area contributed by atoms with Crippen LogP contribution in [0, 0.1) is 5.92 Å².